The Bertz CT molecular complexity index is 656. The lowest BCUT2D eigenvalue weighted by atomic mass is 10.1. The van der Waals surface area contributed by atoms with Crippen LogP contribution in [0.1, 0.15) is 17.1 Å². The maximum absolute atomic E-state index is 10.6. The van der Waals surface area contributed by atoms with Crippen molar-refractivity contribution in [3.05, 3.63) is 51.6 Å². The van der Waals surface area contributed by atoms with Gasteiger partial charge in [0.05, 0.1) is 34.6 Å². The standard InChI is InChI=1S/C12H11N5O2/c1-8-14-6-10(16-8)7-15-12-3-2-11(17(18)19)4-9(12)5-13/h2-4,6,15H,7H2,1H3,(H,14,16). The van der Waals surface area contributed by atoms with Crippen LogP contribution in [0.15, 0.2) is 24.4 Å². The van der Waals surface area contributed by atoms with Crippen molar-refractivity contribution in [3.63, 3.8) is 0 Å². The average molecular weight is 257 g/mol. The van der Waals surface area contributed by atoms with E-state index in [1.807, 2.05) is 13.0 Å². The van der Waals surface area contributed by atoms with Crippen molar-refractivity contribution >= 4 is 11.4 Å². The van der Waals surface area contributed by atoms with Gasteiger partial charge in [-0.25, -0.2) is 4.98 Å². The highest BCUT2D eigenvalue weighted by atomic mass is 16.6. The fraction of sp³-hybridized carbons (Fsp3) is 0.167. The Hall–Kier alpha value is -2.88. The van der Waals surface area contributed by atoms with Gasteiger partial charge in [-0.1, -0.05) is 0 Å². The van der Waals surface area contributed by atoms with Crippen LogP contribution in [0.5, 0.6) is 0 Å². The summed E-state index contributed by atoms with van der Waals surface area (Å²) in [5, 5.41) is 22.7. The number of benzene rings is 1. The number of hydrogen-bond acceptors (Lipinski definition) is 5. The third-order valence-electron chi connectivity index (χ3n) is 2.56. The number of aryl methyl sites for hydroxylation is 1. The molecule has 7 heteroatoms. The van der Waals surface area contributed by atoms with Crippen LogP contribution in [0.3, 0.4) is 0 Å². The molecular formula is C12H11N5O2. The molecule has 1 aromatic carbocycles. The third-order valence-corrected chi connectivity index (χ3v) is 2.56. The predicted molar refractivity (Wildman–Crippen MR) is 68.5 cm³/mol. The van der Waals surface area contributed by atoms with Crippen LogP contribution in [-0.2, 0) is 6.54 Å². The van der Waals surface area contributed by atoms with Gasteiger partial charge in [-0.2, -0.15) is 5.26 Å². The topological polar surface area (TPSA) is 108 Å². The van der Waals surface area contributed by atoms with Crippen molar-refractivity contribution in [2.45, 2.75) is 13.5 Å². The van der Waals surface area contributed by atoms with E-state index in [1.165, 1.54) is 18.2 Å². The summed E-state index contributed by atoms with van der Waals surface area (Å²) < 4.78 is 0. The second-order valence-electron chi connectivity index (χ2n) is 3.95. The molecule has 0 saturated heterocycles. The number of aromatic nitrogens is 2. The van der Waals surface area contributed by atoms with Gasteiger partial charge in [0.25, 0.3) is 5.69 Å². The van der Waals surface area contributed by atoms with Crippen molar-refractivity contribution < 1.29 is 4.92 Å². The minimum atomic E-state index is -0.525. The van der Waals surface area contributed by atoms with E-state index in [1.54, 1.807) is 6.20 Å². The molecule has 0 unspecified atom stereocenters. The number of nitro benzene ring substituents is 1. The molecule has 0 bridgehead atoms. The number of hydrogen-bond donors (Lipinski definition) is 2. The molecule has 2 aromatic rings. The lowest BCUT2D eigenvalue weighted by Gasteiger charge is -2.06. The van der Waals surface area contributed by atoms with E-state index < -0.39 is 4.92 Å². The molecule has 0 amide bonds. The predicted octanol–water partition coefficient (Wildman–Crippen LogP) is 2.11. The molecular weight excluding hydrogens is 246 g/mol. The van der Waals surface area contributed by atoms with E-state index in [9.17, 15) is 10.1 Å². The number of nitrogens with zero attached hydrogens (tertiary/aromatic N) is 3. The maximum Gasteiger partial charge on any atom is 0.270 e. The number of rotatable bonds is 4. The summed E-state index contributed by atoms with van der Waals surface area (Å²) in [5.74, 6) is 0.806. The molecule has 0 aliphatic carbocycles. The number of non-ortho nitro benzene ring substituents is 1. The fourth-order valence-electron chi connectivity index (χ4n) is 1.64. The van der Waals surface area contributed by atoms with E-state index in [0.29, 0.717) is 12.2 Å². The molecule has 0 aliphatic heterocycles. The fourth-order valence-corrected chi connectivity index (χ4v) is 1.64. The highest BCUT2D eigenvalue weighted by Gasteiger charge is 2.10. The quantitative estimate of drug-likeness (QED) is 0.644. The molecule has 2 N–H and O–H groups in total. The summed E-state index contributed by atoms with van der Waals surface area (Å²) in [4.78, 5) is 17.2. The first kappa shape index (κ1) is 12.6. The van der Waals surface area contributed by atoms with Crippen LogP contribution in [0.4, 0.5) is 11.4 Å². The minimum absolute atomic E-state index is 0.0977. The highest BCUT2D eigenvalue weighted by molar-refractivity contribution is 5.61. The SMILES string of the molecule is Cc1ncc(CNc2ccc([N+](=O)[O-])cc2C#N)[nH]1. The van der Waals surface area contributed by atoms with E-state index in [-0.39, 0.29) is 11.3 Å². The Labute approximate surface area is 109 Å². The second kappa shape index (κ2) is 5.18. The first-order chi connectivity index (χ1) is 9.10. The van der Waals surface area contributed by atoms with Crippen LogP contribution in [0, 0.1) is 28.4 Å². The van der Waals surface area contributed by atoms with Crippen LogP contribution < -0.4 is 5.32 Å². The molecule has 0 spiro atoms. The van der Waals surface area contributed by atoms with Crippen LogP contribution in [-0.4, -0.2) is 14.9 Å². The van der Waals surface area contributed by atoms with Crippen molar-refractivity contribution in [1.82, 2.24) is 9.97 Å². The summed E-state index contributed by atoms with van der Waals surface area (Å²) in [6.07, 6.45) is 1.69. The Kier molecular flexibility index (Phi) is 3.43. The number of imidazole rings is 1. The number of nitrogens with one attached hydrogen (secondary N) is 2. The molecule has 96 valence electrons. The Morgan fingerprint density at radius 1 is 1.58 bits per heavy atom. The molecule has 1 aromatic heterocycles. The van der Waals surface area contributed by atoms with Gasteiger partial charge < -0.3 is 10.3 Å². The molecule has 19 heavy (non-hydrogen) atoms. The van der Waals surface area contributed by atoms with Gasteiger partial charge in [0, 0.05) is 12.1 Å². The van der Waals surface area contributed by atoms with E-state index in [0.717, 1.165) is 11.5 Å². The molecule has 0 aliphatic rings. The molecule has 0 saturated carbocycles. The first-order valence-corrected chi connectivity index (χ1v) is 5.53. The average Bonchev–Trinajstić information content (AvgIpc) is 2.81. The molecule has 0 radical (unpaired) electrons. The number of nitro groups is 1. The van der Waals surface area contributed by atoms with Crippen LogP contribution in [0.2, 0.25) is 0 Å². The van der Waals surface area contributed by atoms with Gasteiger partial charge >= 0.3 is 0 Å². The lowest BCUT2D eigenvalue weighted by Crippen LogP contribution is -2.02. The van der Waals surface area contributed by atoms with Gasteiger partial charge in [-0.05, 0) is 13.0 Å². The summed E-state index contributed by atoms with van der Waals surface area (Å²) in [6.45, 7) is 2.31. The largest absolute Gasteiger partial charge is 0.378 e. The van der Waals surface area contributed by atoms with Gasteiger partial charge in [0.15, 0.2) is 0 Å². The number of nitriles is 1. The highest BCUT2D eigenvalue weighted by Crippen LogP contribution is 2.21. The smallest absolute Gasteiger partial charge is 0.270 e. The summed E-state index contributed by atoms with van der Waals surface area (Å²) in [6, 6.07) is 6.08. The van der Waals surface area contributed by atoms with Crippen LogP contribution in [0.25, 0.3) is 0 Å². The van der Waals surface area contributed by atoms with Crippen molar-refractivity contribution in [1.29, 1.82) is 5.26 Å². The van der Waals surface area contributed by atoms with Gasteiger partial charge in [-0.15, -0.1) is 0 Å². The second-order valence-corrected chi connectivity index (χ2v) is 3.95. The minimum Gasteiger partial charge on any atom is -0.378 e. The van der Waals surface area contributed by atoms with Crippen LogP contribution >= 0.6 is 0 Å². The van der Waals surface area contributed by atoms with Crippen molar-refractivity contribution in [3.8, 4) is 6.07 Å². The van der Waals surface area contributed by atoms with Crippen molar-refractivity contribution in [2.24, 2.45) is 0 Å². The van der Waals surface area contributed by atoms with E-state index in [2.05, 4.69) is 15.3 Å². The Morgan fingerprint density at radius 2 is 2.37 bits per heavy atom. The maximum atomic E-state index is 10.6. The normalized spacial score (nSPS) is 9.89. The van der Waals surface area contributed by atoms with E-state index >= 15 is 0 Å². The Balaban J connectivity index is 2.16. The zero-order valence-corrected chi connectivity index (χ0v) is 10.2. The third kappa shape index (κ3) is 2.87. The molecule has 1 heterocycles. The molecule has 2 rings (SSSR count). The first-order valence-electron chi connectivity index (χ1n) is 5.53. The van der Waals surface area contributed by atoms with Crippen molar-refractivity contribution in [2.75, 3.05) is 5.32 Å². The molecule has 0 atom stereocenters. The summed E-state index contributed by atoms with van der Waals surface area (Å²) in [7, 11) is 0. The summed E-state index contributed by atoms with van der Waals surface area (Å²) >= 11 is 0. The monoisotopic (exact) mass is 257 g/mol. The molecule has 7 nitrogen and oxygen atoms in total. The summed E-state index contributed by atoms with van der Waals surface area (Å²) in [5.41, 5.74) is 1.57. The van der Waals surface area contributed by atoms with Gasteiger partial charge in [-0.3, -0.25) is 10.1 Å². The van der Waals surface area contributed by atoms with E-state index in [4.69, 9.17) is 5.26 Å². The van der Waals surface area contributed by atoms with Gasteiger partial charge in [0.2, 0.25) is 0 Å². The molecule has 0 fully saturated rings. The lowest BCUT2D eigenvalue weighted by molar-refractivity contribution is -0.384. The number of aromatic amines is 1. The number of H-pyrrole nitrogens is 1. The number of anilines is 1. The van der Waals surface area contributed by atoms with Gasteiger partial charge in [0.1, 0.15) is 11.9 Å². The zero-order chi connectivity index (χ0) is 13.8. The Morgan fingerprint density at radius 3 is 2.95 bits per heavy atom. The zero-order valence-electron chi connectivity index (χ0n) is 10.2.